The van der Waals surface area contributed by atoms with Crippen LogP contribution in [0.2, 0.25) is 14.4 Å². The fraction of sp³-hybridized carbons (Fsp3) is 0.250. The summed E-state index contributed by atoms with van der Waals surface area (Å²) in [7, 11) is -3.67. The zero-order chi connectivity index (χ0) is 15.6. The predicted molar refractivity (Wildman–Crippen MR) is 85.6 cm³/mol. The maximum absolute atomic E-state index is 12.4. The minimum Gasteiger partial charge on any atom is -0.494 e. The first-order valence-electron chi connectivity index (χ1n) is 5.79. The van der Waals surface area contributed by atoms with Crippen LogP contribution in [0.15, 0.2) is 22.7 Å². The van der Waals surface area contributed by atoms with E-state index >= 15 is 0 Å². The van der Waals surface area contributed by atoms with E-state index < -0.39 is 9.84 Å². The Kier molecular flexibility index (Phi) is 5.38. The van der Waals surface area contributed by atoms with Crippen molar-refractivity contribution in [3.63, 3.8) is 0 Å². The highest BCUT2D eigenvalue weighted by atomic mass is 35.5. The van der Waals surface area contributed by atoms with Crippen molar-refractivity contribution in [3.05, 3.63) is 38.3 Å². The van der Waals surface area contributed by atoms with Crippen molar-refractivity contribution in [1.29, 1.82) is 0 Å². The van der Waals surface area contributed by atoms with Gasteiger partial charge in [0.15, 0.2) is 0 Å². The molecule has 0 unspecified atom stereocenters. The summed E-state index contributed by atoms with van der Waals surface area (Å²) >= 11 is 18.7. The maximum atomic E-state index is 12.4. The third-order valence-corrected chi connectivity index (χ3v) is 6.58. The van der Waals surface area contributed by atoms with Gasteiger partial charge in [0.1, 0.15) is 10.1 Å². The Balaban J connectivity index is 2.45. The van der Waals surface area contributed by atoms with E-state index in [9.17, 15) is 8.42 Å². The molecule has 0 aliphatic heterocycles. The lowest BCUT2D eigenvalue weighted by atomic mass is 10.2. The number of hydrogen-bond acceptors (Lipinski definition) is 5. The zero-order valence-electron chi connectivity index (χ0n) is 10.8. The second-order valence-corrected chi connectivity index (χ2v) is 8.57. The van der Waals surface area contributed by atoms with Crippen molar-refractivity contribution in [2.24, 2.45) is 0 Å². The third-order valence-electron chi connectivity index (χ3n) is 2.51. The molecule has 0 N–H and O–H groups in total. The van der Waals surface area contributed by atoms with Crippen LogP contribution < -0.4 is 4.74 Å². The van der Waals surface area contributed by atoms with Crippen LogP contribution in [0.25, 0.3) is 0 Å². The molecule has 0 amide bonds. The highest BCUT2D eigenvalue weighted by Gasteiger charge is 2.24. The monoisotopic (exact) mass is 385 g/mol. The zero-order valence-corrected chi connectivity index (χ0v) is 14.7. The molecule has 0 bridgehead atoms. The largest absolute Gasteiger partial charge is 0.494 e. The number of halogens is 3. The molecule has 0 aliphatic carbocycles. The summed E-state index contributed by atoms with van der Waals surface area (Å²) in [4.78, 5) is 3.79. The molecular formula is C12H10Cl3NO3S2. The van der Waals surface area contributed by atoms with Gasteiger partial charge in [-0.3, -0.25) is 0 Å². The van der Waals surface area contributed by atoms with Crippen molar-refractivity contribution in [2.45, 2.75) is 17.0 Å². The highest BCUT2D eigenvalue weighted by Crippen LogP contribution is 2.36. The standard InChI is InChI=1S/C12H10Cl3NO3S2/c1-2-19-9-4-3-8(13)11(15)7(9)6-21(17,18)12-16-5-10(14)20-12/h3-5H,2,6H2,1H3. The minimum absolute atomic E-state index is 0.0639. The molecule has 2 aromatic rings. The van der Waals surface area contributed by atoms with Crippen molar-refractivity contribution in [3.8, 4) is 5.75 Å². The molecular weight excluding hydrogens is 377 g/mol. The molecule has 2 rings (SSSR count). The molecule has 0 saturated carbocycles. The Morgan fingerprint density at radius 1 is 1.29 bits per heavy atom. The number of benzene rings is 1. The van der Waals surface area contributed by atoms with Crippen LogP contribution in [0.3, 0.4) is 0 Å². The molecule has 0 atom stereocenters. The first kappa shape index (κ1) is 16.8. The number of rotatable bonds is 5. The van der Waals surface area contributed by atoms with Gasteiger partial charge in [-0.1, -0.05) is 46.1 Å². The average molecular weight is 387 g/mol. The molecule has 9 heteroatoms. The molecule has 1 aromatic heterocycles. The van der Waals surface area contributed by atoms with E-state index in [1.807, 2.05) is 0 Å². The summed E-state index contributed by atoms with van der Waals surface area (Å²) < 4.78 is 30.4. The summed E-state index contributed by atoms with van der Waals surface area (Å²) in [5.41, 5.74) is 0.317. The van der Waals surface area contributed by atoms with E-state index in [1.54, 1.807) is 19.1 Å². The summed E-state index contributed by atoms with van der Waals surface area (Å²) in [5.74, 6) is 0.0316. The fourth-order valence-electron chi connectivity index (χ4n) is 1.64. The van der Waals surface area contributed by atoms with Gasteiger partial charge in [0.05, 0.1) is 28.6 Å². The van der Waals surface area contributed by atoms with Crippen LogP contribution >= 0.6 is 46.1 Å². The highest BCUT2D eigenvalue weighted by molar-refractivity contribution is 7.92. The lowest BCUT2D eigenvalue weighted by molar-refractivity contribution is 0.337. The molecule has 114 valence electrons. The van der Waals surface area contributed by atoms with Crippen LogP contribution in [-0.4, -0.2) is 20.0 Å². The van der Waals surface area contributed by atoms with Crippen molar-refractivity contribution < 1.29 is 13.2 Å². The molecule has 0 spiro atoms. The summed E-state index contributed by atoms with van der Waals surface area (Å²) in [5, 5.41) is 0.427. The Hall–Kier alpha value is -0.530. The van der Waals surface area contributed by atoms with Gasteiger partial charge in [-0.15, -0.1) is 0 Å². The van der Waals surface area contributed by atoms with Crippen LogP contribution in [0.1, 0.15) is 12.5 Å². The molecule has 4 nitrogen and oxygen atoms in total. The fourth-order valence-corrected chi connectivity index (χ4v) is 4.85. The van der Waals surface area contributed by atoms with Crippen LogP contribution in [-0.2, 0) is 15.6 Å². The lowest BCUT2D eigenvalue weighted by Crippen LogP contribution is -2.07. The van der Waals surface area contributed by atoms with Crippen LogP contribution in [0.5, 0.6) is 5.75 Å². The second-order valence-electron chi connectivity index (χ2n) is 3.96. The normalized spacial score (nSPS) is 11.6. The number of ether oxygens (including phenoxy) is 1. The van der Waals surface area contributed by atoms with E-state index in [1.165, 1.54) is 6.20 Å². The van der Waals surface area contributed by atoms with Crippen LogP contribution in [0.4, 0.5) is 0 Å². The molecule has 0 saturated heterocycles. The smallest absolute Gasteiger partial charge is 0.210 e. The third kappa shape index (κ3) is 3.81. The quantitative estimate of drug-likeness (QED) is 0.760. The van der Waals surface area contributed by atoms with E-state index in [2.05, 4.69) is 4.98 Å². The van der Waals surface area contributed by atoms with Gasteiger partial charge >= 0.3 is 0 Å². The number of sulfone groups is 1. The van der Waals surface area contributed by atoms with Gasteiger partial charge in [0, 0.05) is 5.56 Å². The molecule has 1 heterocycles. The number of nitrogens with zero attached hydrogens (tertiary/aromatic N) is 1. The summed E-state index contributed by atoms with van der Waals surface area (Å²) in [6.07, 6.45) is 1.29. The van der Waals surface area contributed by atoms with E-state index in [4.69, 9.17) is 39.5 Å². The van der Waals surface area contributed by atoms with Gasteiger partial charge in [-0.25, -0.2) is 13.4 Å². The van der Waals surface area contributed by atoms with E-state index in [0.717, 1.165) is 11.3 Å². The van der Waals surface area contributed by atoms with Crippen molar-refractivity contribution in [1.82, 2.24) is 4.98 Å². The van der Waals surface area contributed by atoms with E-state index in [0.29, 0.717) is 22.3 Å². The Bertz CT molecular complexity index is 759. The number of hydrogen-bond donors (Lipinski definition) is 0. The van der Waals surface area contributed by atoms with Gasteiger partial charge in [-0.05, 0) is 19.1 Å². The first-order chi connectivity index (χ1) is 9.85. The molecule has 21 heavy (non-hydrogen) atoms. The average Bonchev–Trinajstić information content (AvgIpc) is 2.86. The minimum atomic E-state index is -3.67. The SMILES string of the molecule is CCOc1ccc(Cl)c(Cl)c1CS(=O)(=O)c1ncc(Cl)s1. The Morgan fingerprint density at radius 3 is 2.57 bits per heavy atom. The lowest BCUT2D eigenvalue weighted by Gasteiger charge is -2.12. The Labute approximate surface area is 141 Å². The van der Waals surface area contributed by atoms with E-state index in [-0.39, 0.29) is 20.1 Å². The van der Waals surface area contributed by atoms with Crippen LogP contribution in [0, 0.1) is 0 Å². The molecule has 1 aromatic carbocycles. The summed E-state index contributed by atoms with van der Waals surface area (Å²) in [6, 6.07) is 3.16. The molecule has 0 aliphatic rings. The Morgan fingerprint density at radius 2 is 2.00 bits per heavy atom. The molecule has 0 radical (unpaired) electrons. The number of thiazole rings is 1. The topological polar surface area (TPSA) is 56.3 Å². The predicted octanol–water partition coefficient (Wildman–Crippen LogP) is 4.48. The second kappa shape index (κ2) is 6.71. The first-order valence-corrected chi connectivity index (χ1v) is 9.39. The maximum Gasteiger partial charge on any atom is 0.210 e. The summed E-state index contributed by atoms with van der Waals surface area (Å²) in [6.45, 7) is 2.18. The van der Waals surface area contributed by atoms with Gasteiger partial charge in [0.25, 0.3) is 0 Å². The van der Waals surface area contributed by atoms with Gasteiger partial charge in [-0.2, -0.15) is 0 Å². The van der Waals surface area contributed by atoms with Gasteiger partial charge < -0.3 is 4.74 Å². The van der Waals surface area contributed by atoms with Crippen molar-refractivity contribution in [2.75, 3.05) is 6.61 Å². The number of aromatic nitrogens is 1. The van der Waals surface area contributed by atoms with Gasteiger partial charge in [0.2, 0.25) is 14.2 Å². The molecule has 0 fully saturated rings. The van der Waals surface area contributed by atoms with Crippen molar-refractivity contribution >= 4 is 56.0 Å².